The maximum Gasteiger partial charge on any atom is 0.220 e. The van der Waals surface area contributed by atoms with E-state index in [4.69, 9.17) is 0 Å². The third-order valence-electron chi connectivity index (χ3n) is 7.72. The number of aryl methyl sites for hydroxylation is 1. The molecule has 0 radical (unpaired) electrons. The normalized spacial score (nSPS) is 37.4. The molecule has 4 rings (SSSR count). The number of nitrogens with one attached hydrogen (secondary N) is 1. The molecule has 1 aromatic carbocycles. The van der Waals surface area contributed by atoms with E-state index < -0.39 is 0 Å². The third-order valence-corrected chi connectivity index (χ3v) is 7.72. The highest BCUT2D eigenvalue weighted by molar-refractivity contribution is 5.76. The van der Waals surface area contributed by atoms with Crippen molar-refractivity contribution in [1.82, 2.24) is 5.32 Å². The highest BCUT2D eigenvalue weighted by atomic mass is 16.3. The molecule has 0 aromatic heterocycles. The van der Waals surface area contributed by atoms with Gasteiger partial charge in [0, 0.05) is 12.5 Å². The molecule has 1 unspecified atom stereocenters. The Labute approximate surface area is 162 Å². The van der Waals surface area contributed by atoms with Gasteiger partial charge in [-0.25, -0.2) is 0 Å². The number of aromatic hydroxyl groups is 1. The van der Waals surface area contributed by atoms with Crippen LogP contribution in [0.4, 0.5) is 0 Å². The van der Waals surface area contributed by atoms with E-state index in [1.165, 1.54) is 11.1 Å². The number of fused-ring (bicyclic) bond motifs is 5. The molecule has 27 heavy (non-hydrogen) atoms. The monoisotopic (exact) mass is 371 g/mol. The average Bonchev–Trinajstić information content (AvgIpc) is 2.85. The minimum atomic E-state index is -0.387. The van der Waals surface area contributed by atoms with Gasteiger partial charge in [0.2, 0.25) is 5.91 Å². The van der Waals surface area contributed by atoms with Gasteiger partial charge in [-0.15, -0.1) is 0 Å². The van der Waals surface area contributed by atoms with Crippen LogP contribution in [0.3, 0.4) is 0 Å². The van der Waals surface area contributed by atoms with E-state index in [1.807, 2.05) is 26.0 Å². The van der Waals surface area contributed by atoms with Gasteiger partial charge in [-0.3, -0.25) is 4.79 Å². The average molecular weight is 372 g/mol. The SMILES string of the molecule is CC(C)NC(=O)CC1C[C@H]2[C@@H]3CCc4cc(O)ccc4[C@H]3CC[C@]2(C)[C@H]1O. The molecule has 0 saturated heterocycles. The summed E-state index contributed by atoms with van der Waals surface area (Å²) < 4.78 is 0. The van der Waals surface area contributed by atoms with Crippen molar-refractivity contribution in [1.29, 1.82) is 0 Å². The number of phenols is 1. The summed E-state index contributed by atoms with van der Waals surface area (Å²) in [7, 11) is 0. The maximum absolute atomic E-state index is 12.3. The first kappa shape index (κ1) is 18.8. The summed E-state index contributed by atoms with van der Waals surface area (Å²) >= 11 is 0. The molecular formula is C23H33NO3. The van der Waals surface area contributed by atoms with Crippen LogP contribution in [0.5, 0.6) is 5.75 Å². The topological polar surface area (TPSA) is 69.6 Å². The minimum Gasteiger partial charge on any atom is -0.508 e. The van der Waals surface area contributed by atoms with Crippen molar-refractivity contribution in [3.8, 4) is 5.75 Å². The van der Waals surface area contributed by atoms with Crippen LogP contribution < -0.4 is 5.32 Å². The molecule has 0 spiro atoms. The molecule has 148 valence electrons. The first-order chi connectivity index (χ1) is 12.8. The Morgan fingerprint density at radius 2 is 2.11 bits per heavy atom. The molecule has 3 aliphatic rings. The molecule has 1 aromatic rings. The van der Waals surface area contributed by atoms with Crippen LogP contribution in [0.2, 0.25) is 0 Å². The summed E-state index contributed by atoms with van der Waals surface area (Å²) in [5.74, 6) is 2.08. The zero-order valence-electron chi connectivity index (χ0n) is 16.7. The second-order valence-electron chi connectivity index (χ2n) is 9.71. The second kappa shape index (κ2) is 6.80. The fourth-order valence-corrected chi connectivity index (χ4v) is 6.54. The Morgan fingerprint density at radius 3 is 2.85 bits per heavy atom. The van der Waals surface area contributed by atoms with Crippen molar-refractivity contribution in [2.75, 3.05) is 0 Å². The number of carbonyl (C=O) groups excluding carboxylic acids is 1. The zero-order chi connectivity index (χ0) is 19.3. The summed E-state index contributed by atoms with van der Waals surface area (Å²) in [6, 6.07) is 6.01. The standard InChI is InChI=1S/C23H33NO3/c1-13(2)24-21(26)12-15-11-20-19-6-4-14-10-16(25)5-7-17(14)18(19)8-9-23(20,3)22(15)27/h5,7,10,13,15,18-20,22,25,27H,4,6,8-9,11-12H2,1-3H3,(H,24,26)/t15?,18-,19-,20+,22+,23+/m1/s1. The quantitative estimate of drug-likeness (QED) is 0.758. The lowest BCUT2D eigenvalue weighted by Gasteiger charge is -2.50. The lowest BCUT2D eigenvalue weighted by molar-refractivity contribution is -0.123. The number of carbonyl (C=O) groups is 1. The van der Waals surface area contributed by atoms with Gasteiger partial charge in [-0.1, -0.05) is 13.0 Å². The molecular weight excluding hydrogens is 338 g/mol. The van der Waals surface area contributed by atoms with Crippen LogP contribution in [0.15, 0.2) is 18.2 Å². The number of amides is 1. The smallest absolute Gasteiger partial charge is 0.220 e. The van der Waals surface area contributed by atoms with Gasteiger partial charge in [0.25, 0.3) is 0 Å². The van der Waals surface area contributed by atoms with E-state index in [-0.39, 0.29) is 29.4 Å². The molecule has 3 aliphatic carbocycles. The number of hydrogen-bond acceptors (Lipinski definition) is 3. The van der Waals surface area contributed by atoms with E-state index in [0.29, 0.717) is 29.9 Å². The lowest BCUT2D eigenvalue weighted by Crippen LogP contribution is -2.44. The Morgan fingerprint density at radius 1 is 1.33 bits per heavy atom. The van der Waals surface area contributed by atoms with Gasteiger partial charge in [-0.2, -0.15) is 0 Å². The number of rotatable bonds is 3. The molecule has 4 heteroatoms. The molecule has 0 bridgehead atoms. The summed E-state index contributed by atoms with van der Waals surface area (Å²) in [6.07, 6.45) is 5.25. The first-order valence-electron chi connectivity index (χ1n) is 10.6. The predicted molar refractivity (Wildman–Crippen MR) is 105 cm³/mol. The van der Waals surface area contributed by atoms with E-state index in [2.05, 4.69) is 18.3 Å². The summed E-state index contributed by atoms with van der Waals surface area (Å²) in [5.41, 5.74) is 2.63. The molecule has 2 saturated carbocycles. The molecule has 0 heterocycles. The largest absolute Gasteiger partial charge is 0.508 e. The van der Waals surface area contributed by atoms with Gasteiger partial charge >= 0.3 is 0 Å². The van der Waals surface area contributed by atoms with Crippen LogP contribution in [-0.2, 0) is 11.2 Å². The number of aliphatic hydroxyl groups is 1. The van der Waals surface area contributed by atoms with Gasteiger partial charge in [0.05, 0.1) is 6.10 Å². The fraction of sp³-hybridized carbons (Fsp3) is 0.696. The summed E-state index contributed by atoms with van der Waals surface area (Å²) in [5, 5.41) is 23.9. The molecule has 0 aliphatic heterocycles. The first-order valence-corrected chi connectivity index (χ1v) is 10.6. The maximum atomic E-state index is 12.3. The Balaban J connectivity index is 1.55. The number of aliphatic hydroxyl groups excluding tert-OH is 1. The molecule has 3 N–H and O–H groups in total. The van der Waals surface area contributed by atoms with Crippen molar-refractivity contribution < 1.29 is 15.0 Å². The zero-order valence-corrected chi connectivity index (χ0v) is 16.7. The third kappa shape index (κ3) is 3.16. The van der Waals surface area contributed by atoms with Crippen LogP contribution in [0.25, 0.3) is 0 Å². The molecule has 2 fully saturated rings. The summed E-state index contributed by atoms with van der Waals surface area (Å²) in [6.45, 7) is 6.21. The molecule has 4 nitrogen and oxygen atoms in total. The van der Waals surface area contributed by atoms with Crippen molar-refractivity contribution in [2.45, 2.75) is 77.4 Å². The predicted octanol–water partition coefficient (Wildman–Crippen LogP) is 3.75. The Hall–Kier alpha value is -1.55. The number of phenolic OH excluding ortho intramolecular Hbond substituents is 1. The van der Waals surface area contributed by atoms with Gasteiger partial charge < -0.3 is 15.5 Å². The minimum absolute atomic E-state index is 0.0670. The highest BCUT2D eigenvalue weighted by Crippen LogP contribution is 2.62. The van der Waals surface area contributed by atoms with Crippen molar-refractivity contribution in [3.05, 3.63) is 29.3 Å². The molecule has 1 amide bonds. The Kier molecular flexibility index (Phi) is 4.74. The number of hydrogen-bond donors (Lipinski definition) is 3. The molecule has 6 atom stereocenters. The van der Waals surface area contributed by atoms with E-state index in [0.717, 1.165) is 32.1 Å². The highest BCUT2D eigenvalue weighted by Gasteiger charge is 2.58. The van der Waals surface area contributed by atoms with E-state index in [1.54, 1.807) is 0 Å². The van der Waals surface area contributed by atoms with Crippen LogP contribution >= 0.6 is 0 Å². The van der Waals surface area contributed by atoms with Crippen LogP contribution in [0, 0.1) is 23.2 Å². The van der Waals surface area contributed by atoms with Crippen LogP contribution in [0.1, 0.15) is 69.9 Å². The van der Waals surface area contributed by atoms with Gasteiger partial charge in [0.1, 0.15) is 5.75 Å². The van der Waals surface area contributed by atoms with Crippen LogP contribution in [-0.4, -0.2) is 28.3 Å². The second-order valence-corrected chi connectivity index (χ2v) is 9.71. The van der Waals surface area contributed by atoms with Crippen molar-refractivity contribution >= 4 is 5.91 Å². The number of benzene rings is 1. The lowest BCUT2D eigenvalue weighted by atomic mass is 9.55. The van der Waals surface area contributed by atoms with Crippen molar-refractivity contribution in [3.63, 3.8) is 0 Å². The van der Waals surface area contributed by atoms with Gasteiger partial charge in [-0.05, 0) is 98.3 Å². The van der Waals surface area contributed by atoms with E-state index >= 15 is 0 Å². The van der Waals surface area contributed by atoms with Gasteiger partial charge in [0.15, 0.2) is 0 Å². The van der Waals surface area contributed by atoms with E-state index in [9.17, 15) is 15.0 Å². The fourth-order valence-electron chi connectivity index (χ4n) is 6.54. The summed E-state index contributed by atoms with van der Waals surface area (Å²) in [4.78, 5) is 12.3. The van der Waals surface area contributed by atoms with Crippen molar-refractivity contribution in [2.24, 2.45) is 23.2 Å². The Bertz CT molecular complexity index is 730.